The Morgan fingerprint density at radius 1 is 1.42 bits per heavy atom. The first-order valence-corrected chi connectivity index (χ1v) is 8.98. The number of fused-ring (bicyclic) bond motifs is 1. The Labute approximate surface area is 151 Å². The molecule has 0 radical (unpaired) electrons. The van der Waals surface area contributed by atoms with Gasteiger partial charge in [-0.05, 0) is 30.9 Å². The predicted molar refractivity (Wildman–Crippen MR) is 97.2 cm³/mol. The molecule has 1 amide bonds. The number of nitrogens with zero attached hydrogens (tertiary/aromatic N) is 3. The first-order valence-electron chi connectivity index (χ1n) is 8.98. The SMILES string of the molecule is Cn1cc([C@H](NC(=O)CCc2nc3ccccc3[nH]2)C2CC(O)C2)cn1. The lowest BCUT2D eigenvalue weighted by molar-refractivity contribution is -0.123. The molecule has 26 heavy (non-hydrogen) atoms. The van der Waals surface area contributed by atoms with E-state index in [1.165, 1.54) is 0 Å². The van der Waals surface area contributed by atoms with E-state index in [9.17, 15) is 9.90 Å². The monoisotopic (exact) mass is 353 g/mol. The molecule has 7 heteroatoms. The molecular weight excluding hydrogens is 330 g/mol. The van der Waals surface area contributed by atoms with Crippen LogP contribution in [0.15, 0.2) is 36.7 Å². The Hall–Kier alpha value is -2.67. The fourth-order valence-corrected chi connectivity index (χ4v) is 3.58. The van der Waals surface area contributed by atoms with Crippen LogP contribution >= 0.6 is 0 Å². The zero-order valence-corrected chi connectivity index (χ0v) is 14.7. The zero-order chi connectivity index (χ0) is 18.1. The number of imidazole rings is 1. The van der Waals surface area contributed by atoms with Crippen LogP contribution in [0.25, 0.3) is 11.0 Å². The molecule has 1 atom stereocenters. The van der Waals surface area contributed by atoms with E-state index in [4.69, 9.17) is 0 Å². The fourth-order valence-electron chi connectivity index (χ4n) is 3.58. The molecule has 1 aromatic carbocycles. The average molecular weight is 353 g/mol. The number of carbonyl (C=O) groups is 1. The van der Waals surface area contributed by atoms with Crippen LogP contribution in [-0.4, -0.2) is 36.9 Å². The summed E-state index contributed by atoms with van der Waals surface area (Å²) in [6, 6.07) is 7.74. The Morgan fingerprint density at radius 3 is 2.92 bits per heavy atom. The number of aromatic nitrogens is 4. The van der Waals surface area contributed by atoms with Crippen LogP contribution < -0.4 is 5.32 Å². The molecule has 3 aromatic rings. The number of nitrogens with one attached hydrogen (secondary N) is 2. The summed E-state index contributed by atoms with van der Waals surface area (Å²) in [5, 5.41) is 17.0. The van der Waals surface area contributed by atoms with Crippen molar-refractivity contribution in [2.24, 2.45) is 13.0 Å². The molecule has 2 aromatic heterocycles. The number of aryl methyl sites for hydroxylation is 2. The minimum atomic E-state index is -0.258. The normalized spacial score (nSPS) is 20.7. The van der Waals surface area contributed by atoms with Gasteiger partial charge in [0.2, 0.25) is 5.91 Å². The van der Waals surface area contributed by atoms with E-state index in [1.54, 1.807) is 10.9 Å². The number of aliphatic hydroxyl groups is 1. The molecule has 0 saturated heterocycles. The van der Waals surface area contributed by atoms with Gasteiger partial charge in [-0.1, -0.05) is 12.1 Å². The van der Waals surface area contributed by atoms with E-state index in [1.807, 2.05) is 37.5 Å². The molecule has 1 fully saturated rings. The average Bonchev–Trinajstić information content (AvgIpc) is 3.21. The van der Waals surface area contributed by atoms with Crippen molar-refractivity contribution < 1.29 is 9.90 Å². The van der Waals surface area contributed by atoms with Crippen molar-refractivity contribution in [3.63, 3.8) is 0 Å². The summed E-state index contributed by atoms with van der Waals surface area (Å²) in [7, 11) is 1.86. The zero-order valence-electron chi connectivity index (χ0n) is 14.7. The maximum absolute atomic E-state index is 12.5. The molecule has 3 N–H and O–H groups in total. The van der Waals surface area contributed by atoms with Crippen LogP contribution in [0.1, 0.15) is 36.7 Å². The van der Waals surface area contributed by atoms with Gasteiger partial charge in [-0.3, -0.25) is 9.48 Å². The number of carbonyl (C=O) groups excluding carboxylic acids is 1. The summed E-state index contributed by atoms with van der Waals surface area (Å²) in [4.78, 5) is 20.3. The second-order valence-corrected chi connectivity index (χ2v) is 7.08. The fraction of sp³-hybridized carbons (Fsp3) is 0.421. The van der Waals surface area contributed by atoms with Crippen molar-refractivity contribution >= 4 is 16.9 Å². The lowest BCUT2D eigenvalue weighted by Crippen LogP contribution is -2.41. The third-order valence-corrected chi connectivity index (χ3v) is 5.05. The highest BCUT2D eigenvalue weighted by Gasteiger charge is 2.36. The molecule has 0 spiro atoms. The van der Waals surface area contributed by atoms with Crippen LogP contribution in [0.4, 0.5) is 0 Å². The summed E-state index contributed by atoms with van der Waals surface area (Å²) in [6.45, 7) is 0. The molecular formula is C19H23N5O2. The van der Waals surface area contributed by atoms with Gasteiger partial charge < -0.3 is 15.4 Å². The summed E-state index contributed by atoms with van der Waals surface area (Å²) in [5.74, 6) is 1.06. The Balaban J connectivity index is 1.39. The molecule has 0 unspecified atom stereocenters. The second-order valence-electron chi connectivity index (χ2n) is 7.08. The highest BCUT2D eigenvalue weighted by molar-refractivity contribution is 5.77. The summed E-state index contributed by atoms with van der Waals surface area (Å²) in [5.41, 5.74) is 2.89. The van der Waals surface area contributed by atoms with Crippen LogP contribution in [0.3, 0.4) is 0 Å². The number of para-hydroxylation sites is 2. The van der Waals surface area contributed by atoms with E-state index < -0.39 is 0 Å². The maximum Gasteiger partial charge on any atom is 0.220 e. The summed E-state index contributed by atoms with van der Waals surface area (Å²) >= 11 is 0. The summed E-state index contributed by atoms with van der Waals surface area (Å²) < 4.78 is 1.73. The van der Waals surface area contributed by atoms with Crippen LogP contribution in [-0.2, 0) is 18.3 Å². The van der Waals surface area contributed by atoms with E-state index in [0.29, 0.717) is 25.7 Å². The Bertz CT molecular complexity index is 876. The highest BCUT2D eigenvalue weighted by Crippen LogP contribution is 2.38. The first kappa shape index (κ1) is 16.8. The van der Waals surface area contributed by atoms with Crippen LogP contribution in [0.2, 0.25) is 0 Å². The van der Waals surface area contributed by atoms with Crippen molar-refractivity contribution in [2.45, 2.75) is 37.8 Å². The number of benzene rings is 1. The Kier molecular flexibility index (Phi) is 4.46. The molecule has 1 aliphatic carbocycles. The van der Waals surface area contributed by atoms with Gasteiger partial charge in [0.1, 0.15) is 5.82 Å². The lowest BCUT2D eigenvalue weighted by atomic mass is 9.75. The van der Waals surface area contributed by atoms with E-state index in [2.05, 4.69) is 20.4 Å². The molecule has 1 saturated carbocycles. The number of H-pyrrole nitrogens is 1. The Morgan fingerprint density at radius 2 is 2.23 bits per heavy atom. The molecule has 136 valence electrons. The van der Waals surface area contributed by atoms with E-state index in [0.717, 1.165) is 22.4 Å². The molecule has 0 bridgehead atoms. The van der Waals surface area contributed by atoms with Crippen LogP contribution in [0, 0.1) is 5.92 Å². The largest absolute Gasteiger partial charge is 0.393 e. The number of hydrogen-bond acceptors (Lipinski definition) is 4. The summed E-state index contributed by atoms with van der Waals surface area (Å²) in [6.07, 6.45) is 5.81. The first-order chi connectivity index (χ1) is 12.6. The lowest BCUT2D eigenvalue weighted by Gasteiger charge is -2.37. The van der Waals surface area contributed by atoms with Gasteiger partial charge in [0.15, 0.2) is 0 Å². The minimum Gasteiger partial charge on any atom is -0.393 e. The molecule has 7 nitrogen and oxygen atoms in total. The van der Waals surface area contributed by atoms with Crippen molar-refractivity contribution in [2.75, 3.05) is 0 Å². The third-order valence-electron chi connectivity index (χ3n) is 5.05. The van der Waals surface area contributed by atoms with Gasteiger partial charge in [0.05, 0.1) is 29.4 Å². The van der Waals surface area contributed by atoms with Gasteiger partial charge >= 0.3 is 0 Å². The topological polar surface area (TPSA) is 95.8 Å². The standard InChI is InChI=1S/C19H23N5O2/c1-24-11-13(10-20-24)19(12-8-14(25)9-12)23-18(26)7-6-17-21-15-4-2-3-5-16(15)22-17/h2-5,10-12,14,19,25H,6-9H2,1H3,(H,21,22)(H,23,26)/t12?,14?,19-/m1/s1. The molecule has 1 aliphatic rings. The van der Waals surface area contributed by atoms with Gasteiger partial charge in [-0.15, -0.1) is 0 Å². The number of amides is 1. The quantitative estimate of drug-likeness (QED) is 0.630. The smallest absolute Gasteiger partial charge is 0.220 e. The highest BCUT2D eigenvalue weighted by atomic mass is 16.3. The molecule has 4 rings (SSSR count). The van der Waals surface area contributed by atoms with Crippen LogP contribution in [0.5, 0.6) is 0 Å². The maximum atomic E-state index is 12.5. The number of aliphatic hydroxyl groups excluding tert-OH is 1. The van der Waals surface area contributed by atoms with Crippen molar-refractivity contribution in [3.05, 3.63) is 48.0 Å². The van der Waals surface area contributed by atoms with Gasteiger partial charge in [0, 0.05) is 31.6 Å². The number of rotatable bonds is 6. The van der Waals surface area contributed by atoms with Gasteiger partial charge in [0.25, 0.3) is 0 Å². The van der Waals surface area contributed by atoms with Gasteiger partial charge in [-0.2, -0.15) is 5.10 Å². The van der Waals surface area contributed by atoms with E-state index in [-0.39, 0.29) is 24.0 Å². The number of hydrogen-bond donors (Lipinski definition) is 3. The van der Waals surface area contributed by atoms with Crippen molar-refractivity contribution in [3.8, 4) is 0 Å². The van der Waals surface area contributed by atoms with Crippen molar-refractivity contribution in [1.82, 2.24) is 25.1 Å². The number of aromatic amines is 1. The predicted octanol–water partition coefficient (Wildman–Crippen LogP) is 1.86. The van der Waals surface area contributed by atoms with Crippen molar-refractivity contribution in [1.29, 1.82) is 0 Å². The third kappa shape index (κ3) is 3.48. The van der Waals surface area contributed by atoms with Gasteiger partial charge in [-0.25, -0.2) is 4.98 Å². The minimum absolute atomic E-state index is 0.0132. The second kappa shape index (κ2) is 6.92. The van der Waals surface area contributed by atoms with E-state index >= 15 is 0 Å². The molecule has 2 heterocycles. The molecule has 0 aliphatic heterocycles.